The average molecular weight is 488 g/mol. The van der Waals surface area contributed by atoms with Crippen LogP contribution in [0.1, 0.15) is 125 Å². The van der Waals surface area contributed by atoms with Gasteiger partial charge in [0.25, 0.3) is 0 Å². The van der Waals surface area contributed by atoms with Gasteiger partial charge in [-0.2, -0.15) is 5.26 Å². The molecule has 194 valence electrons. The minimum absolute atomic E-state index is 0.0797. The monoisotopic (exact) mass is 487 g/mol. The van der Waals surface area contributed by atoms with Gasteiger partial charge in [-0.25, -0.2) is 0 Å². The third kappa shape index (κ3) is 8.81. The molecule has 0 amide bonds. The number of carbonyl (C=O) groups is 1. The first kappa shape index (κ1) is 28.0. The van der Waals surface area contributed by atoms with Gasteiger partial charge in [0, 0.05) is 0 Å². The van der Waals surface area contributed by atoms with Crippen molar-refractivity contribution in [1.29, 1.82) is 5.26 Å². The Balaban J connectivity index is 1.46. The average Bonchev–Trinajstić information content (AvgIpc) is 2.92. The second-order valence-electron chi connectivity index (χ2n) is 10.6. The Bertz CT molecular complexity index is 964. The quantitative estimate of drug-likeness (QED) is 0.152. The van der Waals surface area contributed by atoms with Crippen LogP contribution in [-0.2, 0) is 17.6 Å². The molecule has 3 rings (SSSR count). The van der Waals surface area contributed by atoms with Crippen LogP contribution in [0.3, 0.4) is 0 Å². The highest BCUT2D eigenvalue weighted by atomic mass is 16.5. The van der Waals surface area contributed by atoms with Crippen LogP contribution in [0.4, 0.5) is 0 Å². The zero-order valence-corrected chi connectivity index (χ0v) is 22.6. The van der Waals surface area contributed by atoms with Crippen LogP contribution < -0.4 is 4.74 Å². The molecule has 0 bridgehead atoms. The maximum Gasteiger partial charge on any atom is 0.314 e. The number of ether oxygens (including phenoxy) is 1. The van der Waals surface area contributed by atoms with E-state index in [-0.39, 0.29) is 11.9 Å². The molecule has 2 aromatic carbocycles. The normalized spacial score (nSPS) is 17.5. The predicted molar refractivity (Wildman–Crippen MR) is 148 cm³/mol. The van der Waals surface area contributed by atoms with E-state index < -0.39 is 0 Å². The third-order valence-electron chi connectivity index (χ3n) is 7.77. The number of hydrogen-bond acceptors (Lipinski definition) is 3. The molecule has 1 saturated carbocycles. The Morgan fingerprint density at radius 3 is 2.03 bits per heavy atom. The van der Waals surface area contributed by atoms with Gasteiger partial charge in [-0.05, 0) is 86.1 Å². The van der Waals surface area contributed by atoms with Crippen molar-refractivity contribution in [3.63, 3.8) is 0 Å². The Hall–Kier alpha value is -2.60. The van der Waals surface area contributed by atoms with Crippen molar-refractivity contribution in [1.82, 2.24) is 0 Å². The molecule has 0 N–H and O–H groups in total. The molecule has 3 heteroatoms. The van der Waals surface area contributed by atoms with E-state index in [0.29, 0.717) is 17.2 Å². The molecule has 0 aromatic heterocycles. The summed E-state index contributed by atoms with van der Waals surface area (Å²) in [5, 5.41) is 9.62. The molecular weight excluding hydrogens is 442 g/mol. The summed E-state index contributed by atoms with van der Waals surface area (Å²) < 4.78 is 5.74. The first-order valence-electron chi connectivity index (χ1n) is 14.5. The van der Waals surface area contributed by atoms with E-state index in [1.165, 1.54) is 68.9 Å². The lowest BCUT2D eigenvalue weighted by molar-refractivity contribution is -0.140. The van der Waals surface area contributed by atoms with Crippen molar-refractivity contribution in [2.45, 2.75) is 116 Å². The van der Waals surface area contributed by atoms with E-state index in [9.17, 15) is 10.1 Å². The van der Waals surface area contributed by atoms with Crippen LogP contribution in [0, 0.1) is 17.2 Å². The summed E-state index contributed by atoms with van der Waals surface area (Å²) in [5.74, 6) is 0.673. The predicted octanol–water partition coefficient (Wildman–Crippen LogP) is 9.07. The molecule has 2 aromatic rings. The largest absolute Gasteiger partial charge is 0.425 e. The fraction of sp³-hybridized carbons (Fsp3) is 0.576. The van der Waals surface area contributed by atoms with E-state index in [4.69, 9.17) is 4.74 Å². The van der Waals surface area contributed by atoms with Gasteiger partial charge in [-0.15, -0.1) is 0 Å². The zero-order chi connectivity index (χ0) is 25.6. The maximum absolute atomic E-state index is 12.9. The number of hydrogen-bond donors (Lipinski definition) is 0. The summed E-state index contributed by atoms with van der Waals surface area (Å²) in [6, 6.07) is 17.1. The van der Waals surface area contributed by atoms with Crippen molar-refractivity contribution < 1.29 is 9.53 Å². The summed E-state index contributed by atoms with van der Waals surface area (Å²) >= 11 is 0. The molecule has 0 saturated heterocycles. The molecule has 3 nitrogen and oxygen atoms in total. The molecule has 0 aliphatic heterocycles. The minimum Gasteiger partial charge on any atom is -0.425 e. The second kappa shape index (κ2) is 15.5. The molecule has 1 fully saturated rings. The van der Waals surface area contributed by atoms with E-state index in [1.807, 2.05) is 18.2 Å². The lowest BCUT2D eigenvalue weighted by Gasteiger charge is -2.27. The number of nitriles is 1. The highest BCUT2D eigenvalue weighted by Crippen LogP contribution is 2.37. The topological polar surface area (TPSA) is 50.1 Å². The van der Waals surface area contributed by atoms with E-state index in [2.05, 4.69) is 44.2 Å². The number of rotatable bonds is 14. The third-order valence-corrected chi connectivity index (χ3v) is 7.77. The summed E-state index contributed by atoms with van der Waals surface area (Å²) in [6.07, 6.45) is 17.2. The molecule has 36 heavy (non-hydrogen) atoms. The van der Waals surface area contributed by atoms with Crippen LogP contribution >= 0.6 is 0 Å². The SMILES string of the molecule is CCCCCCCc1ccc(OC(=O)C2CCC(c3ccc(CCCCCC)cc3)CC2)c(C#N)c1. The smallest absolute Gasteiger partial charge is 0.314 e. The Morgan fingerprint density at radius 1 is 0.806 bits per heavy atom. The van der Waals surface area contributed by atoms with Crippen LogP contribution in [0.25, 0.3) is 0 Å². The van der Waals surface area contributed by atoms with Gasteiger partial charge in [0.05, 0.1) is 11.5 Å². The molecule has 0 heterocycles. The van der Waals surface area contributed by atoms with Crippen LogP contribution in [0.5, 0.6) is 5.75 Å². The van der Waals surface area contributed by atoms with E-state index in [1.54, 1.807) is 0 Å². The van der Waals surface area contributed by atoms with Crippen molar-refractivity contribution in [2.24, 2.45) is 5.92 Å². The fourth-order valence-corrected chi connectivity index (χ4v) is 5.41. The fourth-order valence-electron chi connectivity index (χ4n) is 5.41. The minimum atomic E-state index is -0.181. The van der Waals surface area contributed by atoms with Crippen molar-refractivity contribution in [3.05, 3.63) is 64.7 Å². The number of carbonyl (C=O) groups excluding carboxylic acids is 1. The molecule has 1 aliphatic rings. The van der Waals surface area contributed by atoms with Crippen LogP contribution in [-0.4, -0.2) is 5.97 Å². The molecule has 0 atom stereocenters. The summed E-state index contributed by atoms with van der Waals surface area (Å²) in [5.41, 5.74) is 4.45. The number of benzene rings is 2. The van der Waals surface area contributed by atoms with Gasteiger partial charge in [0.2, 0.25) is 0 Å². The molecule has 0 spiro atoms. The van der Waals surface area contributed by atoms with Gasteiger partial charge in [0.1, 0.15) is 11.8 Å². The lowest BCUT2D eigenvalue weighted by atomic mass is 9.78. The van der Waals surface area contributed by atoms with Gasteiger partial charge < -0.3 is 4.74 Å². The van der Waals surface area contributed by atoms with Crippen LogP contribution in [0.15, 0.2) is 42.5 Å². The number of esters is 1. The molecule has 1 aliphatic carbocycles. The first-order chi connectivity index (χ1) is 17.6. The summed E-state index contributed by atoms with van der Waals surface area (Å²) in [7, 11) is 0. The molecular formula is C33H45NO2. The maximum atomic E-state index is 12.9. The van der Waals surface area contributed by atoms with E-state index >= 15 is 0 Å². The second-order valence-corrected chi connectivity index (χ2v) is 10.6. The highest BCUT2D eigenvalue weighted by molar-refractivity contribution is 5.76. The summed E-state index contributed by atoms with van der Waals surface area (Å²) in [4.78, 5) is 12.9. The Morgan fingerprint density at radius 2 is 1.39 bits per heavy atom. The molecule has 0 radical (unpaired) electrons. The number of nitrogens with zero attached hydrogens (tertiary/aromatic N) is 1. The van der Waals surface area contributed by atoms with Gasteiger partial charge >= 0.3 is 5.97 Å². The van der Waals surface area contributed by atoms with Crippen molar-refractivity contribution >= 4 is 5.97 Å². The molecule has 0 unspecified atom stereocenters. The number of unbranched alkanes of at least 4 members (excludes halogenated alkanes) is 7. The van der Waals surface area contributed by atoms with Crippen molar-refractivity contribution in [3.8, 4) is 11.8 Å². The van der Waals surface area contributed by atoms with Gasteiger partial charge in [-0.1, -0.05) is 89.1 Å². The Kier molecular flexibility index (Phi) is 12.0. The Labute approximate surface area is 219 Å². The highest BCUT2D eigenvalue weighted by Gasteiger charge is 2.29. The van der Waals surface area contributed by atoms with Crippen molar-refractivity contribution in [2.75, 3.05) is 0 Å². The zero-order valence-electron chi connectivity index (χ0n) is 22.6. The van der Waals surface area contributed by atoms with Crippen LogP contribution in [0.2, 0.25) is 0 Å². The van der Waals surface area contributed by atoms with Gasteiger partial charge in [0.15, 0.2) is 0 Å². The number of aryl methyl sites for hydroxylation is 2. The van der Waals surface area contributed by atoms with E-state index in [0.717, 1.165) is 44.1 Å². The standard InChI is InChI=1S/C33H45NO2/c1-3-5-7-9-11-13-27-16-23-32(31(24-27)25-34)36-33(35)30-21-19-29(20-22-30)28-17-14-26(15-18-28)12-10-8-6-4-2/h14-18,23-24,29-30H,3-13,19-22H2,1-2H3. The van der Waals surface area contributed by atoms with Gasteiger partial charge in [-0.3, -0.25) is 4.79 Å². The lowest BCUT2D eigenvalue weighted by Crippen LogP contribution is -2.25. The first-order valence-corrected chi connectivity index (χ1v) is 14.5. The summed E-state index contributed by atoms with van der Waals surface area (Å²) in [6.45, 7) is 4.47.